The van der Waals surface area contributed by atoms with Crippen molar-refractivity contribution in [3.8, 4) is 0 Å². The van der Waals surface area contributed by atoms with Gasteiger partial charge in [0.1, 0.15) is 6.54 Å². The number of rotatable bonds is 3. The molecule has 6 heteroatoms. The van der Waals surface area contributed by atoms with E-state index in [9.17, 15) is 4.79 Å². The van der Waals surface area contributed by atoms with Gasteiger partial charge in [-0.1, -0.05) is 0 Å². The Balaban J connectivity index is 2.01. The molecule has 0 spiro atoms. The van der Waals surface area contributed by atoms with Crippen LogP contribution in [0.25, 0.3) is 0 Å². The summed E-state index contributed by atoms with van der Waals surface area (Å²) in [6.07, 6.45) is 0.845. The minimum Gasteiger partial charge on any atom is -0.396 e. The lowest BCUT2D eigenvalue weighted by Crippen LogP contribution is -2.47. The molecule has 100 valence electrons. The first-order valence-electron chi connectivity index (χ1n) is 6.09. The topological polar surface area (TPSA) is 82.2 Å². The lowest BCUT2D eigenvalue weighted by atomic mass is 10.0. The van der Waals surface area contributed by atoms with Crippen LogP contribution in [0.1, 0.15) is 24.7 Å². The second-order valence-electron chi connectivity index (χ2n) is 5.15. The summed E-state index contributed by atoms with van der Waals surface area (Å²) in [5.41, 5.74) is 7.82. The fourth-order valence-electron chi connectivity index (χ4n) is 2.14. The van der Waals surface area contributed by atoms with E-state index in [-0.39, 0.29) is 18.0 Å². The highest BCUT2D eigenvalue weighted by atomic mass is 16.5. The number of ether oxygens (including phenoxy) is 1. The van der Waals surface area contributed by atoms with Crippen LogP contribution in [0, 0.1) is 13.8 Å². The molecule has 1 amide bonds. The van der Waals surface area contributed by atoms with E-state index in [1.165, 1.54) is 0 Å². The average molecular weight is 252 g/mol. The molecule has 0 saturated carbocycles. The molecule has 1 aliphatic heterocycles. The Hall–Kier alpha value is -1.56. The maximum Gasteiger partial charge on any atom is 0.242 e. The van der Waals surface area contributed by atoms with Crippen molar-refractivity contribution in [2.75, 3.05) is 18.9 Å². The molecular weight excluding hydrogens is 232 g/mol. The van der Waals surface area contributed by atoms with Crippen LogP contribution in [0.5, 0.6) is 0 Å². The van der Waals surface area contributed by atoms with Crippen molar-refractivity contribution in [1.29, 1.82) is 0 Å². The van der Waals surface area contributed by atoms with E-state index in [0.717, 1.165) is 17.8 Å². The molecule has 2 heterocycles. The summed E-state index contributed by atoms with van der Waals surface area (Å²) in [5, 5.41) is 7.24. The largest absolute Gasteiger partial charge is 0.396 e. The molecule has 0 bridgehead atoms. The Kier molecular flexibility index (Phi) is 3.30. The molecule has 6 nitrogen and oxygen atoms in total. The van der Waals surface area contributed by atoms with Gasteiger partial charge in [0, 0.05) is 6.61 Å². The van der Waals surface area contributed by atoms with E-state index in [4.69, 9.17) is 10.5 Å². The summed E-state index contributed by atoms with van der Waals surface area (Å²) < 4.78 is 6.94. The van der Waals surface area contributed by atoms with E-state index >= 15 is 0 Å². The Labute approximate surface area is 106 Å². The number of nitrogen functional groups attached to an aromatic ring is 1. The van der Waals surface area contributed by atoms with Crippen LogP contribution in [0.3, 0.4) is 0 Å². The first-order chi connectivity index (χ1) is 8.41. The van der Waals surface area contributed by atoms with Gasteiger partial charge in [0.25, 0.3) is 0 Å². The fraction of sp³-hybridized carbons (Fsp3) is 0.667. The van der Waals surface area contributed by atoms with Crippen molar-refractivity contribution in [1.82, 2.24) is 15.1 Å². The van der Waals surface area contributed by atoms with Crippen molar-refractivity contribution in [2.45, 2.75) is 39.3 Å². The third-order valence-corrected chi connectivity index (χ3v) is 3.39. The van der Waals surface area contributed by atoms with Crippen molar-refractivity contribution in [3.05, 3.63) is 11.4 Å². The highest BCUT2D eigenvalue weighted by Crippen LogP contribution is 2.18. The highest BCUT2D eigenvalue weighted by molar-refractivity contribution is 5.76. The number of amides is 1. The van der Waals surface area contributed by atoms with Gasteiger partial charge in [0.05, 0.1) is 29.2 Å². The number of nitrogens with zero attached hydrogens (tertiary/aromatic N) is 2. The number of carbonyl (C=O) groups is 1. The molecule has 0 radical (unpaired) electrons. The van der Waals surface area contributed by atoms with Gasteiger partial charge in [-0.05, 0) is 27.2 Å². The van der Waals surface area contributed by atoms with Crippen LogP contribution < -0.4 is 11.1 Å². The number of hydrogen-bond donors (Lipinski definition) is 2. The van der Waals surface area contributed by atoms with Crippen LogP contribution in [-0.4, -0.2) is 34.4 Å². The third-order valence-electron chi connectivity index (χ3n) is 3.39. The summed E-state index contributed by atoms with van der Waals surface area (Å²) in [6.45, 7) is 7.15. The number of hydrogen-bond acceptors (Lipinski definition) is 4. The zero-order chi connectivity index (χ0) is 13.3. The van der Waals surface area contributed by atoms with Gasteiger partial charge in [-0.2, -0.15) is 5.10 Å². The summed E-state index contributed by atoms with van der Waals surface area (Å²) in [5.74, 6) is -0.0615. The van der Waals surface area contributed by atoms with Gasteiger partial charge >= 0.3 is 0 Å². The van der Waals surface area contributed by atoms with E-state index in [0.29, 0.717) is 18.9 Å². The summed E-state index contributed by atoms with van der Waals surface area (Å²) in [6, 6.07) is 0. The molecule has 1 atom stereocenters. The van der Waals surface area contributed by atoms with E-state index in [2.05, 4.69) is 10.4 Å². The zero-order valence-corrected chi connectivity index (χ0v) is 11.1. The average Bonchev–Trinajstić information content (AvgIpc) is 2.80. The minimum atomic E-state index is -0.251. The van der Waals surface area contributed by atoms with Gasteiger partial charge in [0.15, 0.2) is 0 Å². The molecule has 1 saturated heterocycles. The van der Waals surface area contributed by atoms with E-state index < -0.39 is 0 Å². The van der Waals surface area contributed by atoms with Crippen molar-refractivity contribution in [3.63, 3.8) is 0 Å². The van der Waals surface area contributed by atoms with Crippen LogP contribution in [0.15, 0.2) is 0 Å². The summed E-state index contributed by atoms with van der Waals surface area (Å²) in [4.78, 5) is 12.0. The lowest BCUT2D eigenvalue weighted by Gasteiger charge is -2.23. The first kappa shape index (κ1) is 12.9. The van der Waals surface area contributed by atoms with Gasteiger partial charge in [0.2, 0.25) is 5.91 Å². The molecule has 1 aliphatic rings. The van der Waals surface area contributed by atoms with Crippen LogP contribution in [0.2, 0.25) is 0 Å². The predicted molar refractivity (Wildman–Crippen MR) is 68.1 cm³/mol. The van der Waals surface area contributed by atoms with Crippen LogP contribution in [-0.2, 0) is 16.1 Å². The number of nitrogens with one attached hydrogen (secondary N) is 1. The fourth-order valence-corrected chi connectivity index (χ4v) is 2.14. The minimum absolute atomic E-state index is 0.0615. The highest BCUT2D eigenvalue weighted by Gasteiger charge is 2.31. The molecule has 0 aliphatic carbocycles. The Bertz CT molecular complexity index is 461. The Morgan fingerprint density at radius 1 is 1.61 bits per heavy atom. The molecule has 1 aromatic heterocycles. The first-order valence-corrected chi connectivity index (χ1v) is 6.09. The zero-order valence-electron chi connectivity index (χ0n) is 11.1. The number of aromatic nitrogens is 2. The van der Waals surface area contributed by atoms with Gasteiger partial charge < -0.3 is 15.8 Å². The molecule has 1 unspecified atom stereocenters. The van der Waals surface area contributed by atoms with Crippen LogP contribution >= 0.6 is 0 Å². The van der Waals surface area contributed by atoms with Gasteiger partial charge in [-0.3, -0.25) is 9.48 Å². The maximum absolute atomic E-state index is 12.0. The standard InChI is InChI=1S/C12H20N4O2/c1-8-11(13)9(2)16(15-8)6-10(17)14-12(3)4-5-18-7-12/h4-7,13H2,1-3H3,(H,14,17). The lowest BCUT2D eigenvalue weighted by molar-refractivity contribution is -0.123. The van der Waals surface area contributed by atoms with Crippen molar-refractivity contribution in [2.24, 2.45) is 0 Å². The van der Waals surface area contributed by atoms with Gasteiger partial charge in [-0.15, -0.1) is 0 Å². The summed E-state index contributed by atoms with van der Waals surface area (Å²) >= 11 is 0. The number of aryl methyl sites for hydroxylation is 1. The second-order valence-corrected chi connectivity index (χ2v) is 5.15. The summed E-state index contributed by atoms with van der Waals surface area (Å²) in [7, 11) is 0. The molecule has 2 rings (SSSR count). The second kappa shape index (κ2) is 4.61. The smallest absolute Gasteiger partial charge is 0.242 e. The third kappa shape index (κ3) is 2.48. The quantitative estimate of drug-likeness (QED) is 0.814. The van der Waals surface area contributed by atoms with Gasteiger partial charge in [-0.25, -0.2) is 0 Å². The molecule has 1 fully saturated rings. The van der Waals surface area contributed by atoms with Crippen LogP contribution in [0.4, 0.5) is 5.69 Å². The molecular formula is C12H20N4O2. The predicted octanol–water partition coefficient (Wildman–Crippen LogP) is 0.377. The molecule has 0 aromatic carbocycles. The Morgan fingerprint density at radius 3 is 2.83 bits per heavy atom. The molecule has 3 N–H and O–H groups in total. The van der Waals surface area contributed by atoms with Crippen molar-refractivity contribution < 1.29 is 9.53 Å². The maximum atomic E-state index is 12.0. The molecule has 1 aromatic rings. The monoisotopic (exact) mass is 252 g/mol. The number of nitrogens with two attached hydrogens (primary N) is 1. The normalized spacial score (nSPS) is 23.3. The number of anilines is 1. The van der Waals surface area contributed by atoms with Crippen molar-refractivity contribution >= 4 is 11.6 Å². The number of carbonyl (C=O) groups excluding carboxylic acids is 1. The Morgan fingerprint density at radius 2 is 2.33 bits per heavy atom. The van der Waals surface area contributed by atoms with E-state index in [1.807, 2.05) is 20.8 Å². The van der Waals surface area contributed by atoms with E-state index in [1.54, 1.807) is 4.68 Å². The SMILES string of the molecule is Cc1nn(CC(=O)NC2(C)CCOC2)c(C)c1N. The molecule has 18 heavy (non-hydrogen) atoms.